The number of benzene rings is 2. The summed E-state index contributed by atoms with van der Waals surface area (Å²) in [5.74, 6) is -0.544. The van der Waals surface area contributed by atoms with E-state index in [1.165, 1.54) is 18.6 Å². The minimum absolute atomic E-state index is 0.203. The molecule has 0 aromatic heterocycles. The second-order valence-electron chi connectivity index (χ2n) is 6.54. The van der Waals surface area contributed by atoms with Gasteiger partial charge in [0.05, 0.1) is 11.4 Å². The van der Waals surface area contributed by atoms with Crippen LogP contribution in [0.4, 0.5) is 15.8 Å². The van der Waals surface area contributed by atoms with Crippen LogP contribution in [-0.4, -0.2) is 19.0 Å². The van der Waals surface area contributed by atoms with E-state index in [0.29, 0.717) is 11.3 Å². The quantitative estimate of drug-likeness (QED) is 0.888. The molecule has 3 nitrogen and oxygen atoms in total. The number of amides is 1. The molecule has 126 valence electrons. The Kier molecular flexibility index (Phi) is 4.84. The third-order valence-corrected chi connectivity index (χ3v) is 4.39. The minimum atomic E-state index is -0.341. The molecule has 0 unspecified atom stereocenters. The molecule has 2 aromatic carbocycles. The molecule has 1 aliphatic rings. The van der Waals surface area contributed by atoms with Crippen molar-refractivity contribution in [3.05, 3.63) is 58.9 Å². The van der Waals surface area contributed by atoms with E-state index >= 15 is 0 Å². The van der Waals surface area contributed by atoms with Gasteiger partial charge in [0.2, 0.25) is 0 Å². The largest absolute Gasteiger partial charge is 0.370 e. The van der Waals surface area contributed by atoms with Gasteiger partial charge in [0, 0.05) is 18.7 Å². The molecule has 24 heavy (non-hydrogen) atoms. The number of nitrogens with zero attached hydrogens (tertiary/aromatic N) is 1. The number of halogens is 1. The average Bonchev–Trinajstić information content (AvgIpc) is 2.55. The number of rotatable bonds is 3. The Morgan fingerprint density at radius 2 is 1.67 bits per heavy atom. The third kappa shape index (κ3) is 3.75. The number of nitrogens with one attached hydrogen (secondary N) is 1. The molecule has 1 saturated heterocycles. The number of hydrogen-bond donors (Lipinski definition) is 1. The Hall–Kier alpha value is -2.36. The summed E-state index contributed by atoms with van der Waals surface area (Å²) in [7, 11) is 0. The maximum Gasteiger partial charge on any atom is 0.255 e. The summed E-state index contributed by atoms with van der Waals surface area (Å²) in [6.07, 6.45) is 3.48. The molecule has 0 saturated carbocycles. The van der Waals surface area contributed by atoms with Crippen LogP contribution < -0.4 is 10.2 Å². The van der Waals surface area contributed by atoms with Crippen LogP contribution in [-0.2, 0) is 0 Å². The molecule has 2 aromatic rings. The van der Waals surface area contributed by atoms with E-state index in [9.17, 15) is 9.18 Å². The highest BCUT2D eigenvalue weighted by Gasteiger charge is 2.17. The van der Waals surface area contributed by atoms with Crippen LogP contribution in [0.3, 0.4) is 0 Å². The van der Waals surface area contributed by atoms with Crippen LogP contribution in [0.15, 0.2) is 36.4 Å². The molecular weight excluding hydrogens is 303 g/mol. The molecule has 0 bridgehead atoms. The van der Waals surface area contributed by atoms with E-state index in [1.807, 2.05) is 32.0 Å². The van der Waals surface area contributed by atoms with E-state index in [2.05, 4.69) is 10.2 Å². The van der Waals surface area contributed by atoms with Crippen molar-refractivity contribution in [2.45, 2.75) is 33.1 Å². The topological polar surface area (TPSA) is 32.3 Å². The average molecular weight is 326 g/mol. The van der Waals surface area contributed by atoms with Crippen molar-refractivity contribution < 1.29 is 9.18 Å². The van der Waals surface area contributed by atoms with Gasteiger partial charge in [0.1, 0.15) is 5.82 Å². The van der Waals surface area contributed by atoms with E-state index < -0.39 is 0 Å². The van der Waals surface area contributed by atoms with Crippen LogP contribution >= 0.6 is 0 Å². The van der Waals surface area contributed by atoms with Gasteiger partial charge < -0.3 is 10.2 Å². The zero-order valence-corrected chi connectivity index (χ0v) is 14.2. The molecule has 1 heterocycles. The lowest BCUT2D eigenvalue weighted by atomic mass is 10.1. The van der Waals surface area contributed by atoms with Gasteiger partial charge >= 0.3 is 0 Å². The molecule has 0 spiro atoms. The Balaban J connectivity index is 1.88. The number of anilines is 2. The van der Waals surface area contributed by atoms with Gasteiger partial charge in [-0.15, -0.1) is 0 Å². The van der Waals surface area contributed by atoms with Crippen molar-refractivity contribution in [2.75, 3.05) is 23.3 Å². The number of aryl methyl sites for hydroxylation is 2. The summed E-state index contributed by atoms with van der Waals surface area (Å²) in [6.45, 7) is 5.81. The Labute approximate surface area is 142 Å². The number of carbonyl (C=O) groups is 1. The van der Waals surface area contributed by atoms with Crippen LogP contribution in [0, 0.1) is 19.7 Å². The van der Waals surface area contributed by atoms with E-state index in [0.717, 1.165) is 42.7 Å². The molecule has 0 aliphatic carbocycles. The number of carbonyl (C=O) groups excluding carboxylic acids is 1. The number of piperidine rings is 1. The summed E-state index contributed by atoms with van der Waals surface area (Å²) in [5, 5.41) is 2.90. The molecule has 1 fully saturated rings. The normalized spacial score (nSPS) is 14.5. The van der Waals surface area contributed by atoms with Gasteiger partial charge in [-0.1, -0.05) is 17.2 Å². The van der Waals surface area contributed by atoms with Crippen molar-refractivity contribution in [3.8, 4) is 0 Å². The highest BCUT2D eigenvalue weighted by Crippen LogP contribution is 2.29. The van der Waals surface area contributed by atoms with Gasteiger partial charge in [-0.05, 0) is 63.4 Å². The fraction of sp³-hybridized carbons (Fsp3) is 0.350. The van der Waals surface area contributed by atoms with E-state index in [4.69, 9.17) is 0 Å². The first-order valence-electron chi connectivity index (χ1n) is 8.47. The molecule has 1 amide bonds. The first kappa shape index (κ1) is 16.5. The lowest BCUT2D eigenvalue weighted by molar-refractivity contribution is 0.102. The lowest BCUT2D eigenvalue weighted by Gasteiger charge is -2.30. The molecule has 4 heteroatoms. The molecular formula is C20H23FN2O. The van der Waals surface area contributed by atoms with Crippen molar-refractivity contribution in [3.63, 3.8) is 0 Å². The second kappa shape index (κ2) is 7.04. The standard InChI is InChI=1S/C20H23FN2O/c1-14-10-15(2)12-16(11-14)20(24)22-18-13-17(21)6-7-19(18)23-8-4-3-5-9-23/h6-7,10-13H,3-5,8-9H2,1-2H3,(H,22,24). The first-order chi connectivity index (χ1) is 11.5. The van der Waals surface area contributed by atoms with Crippen LogP contribution in [0.1, 0.15) is 40.7 Å². The summed E-state index contributed by atoms with van der Waals surface area (Å²) >= 11 is 0. The fourth-order valence-electron chi connectivity index (χ4n) is 3.32. The number of hydrogen-bond acceptors (Lipinski definition) is 2. The summed E-state index contributed by atoms with van der Waals surface area (Å²) in [6, 6.07) is 10.3. The molecule has 3 rings (SSSR count). The maximum absolute atomic E-state index is 13.7. The zero-order valence-electron chi connectivity index (χ0n) is 14.2. The van der Waals surface area contributed by atoms with Crippen molar-refractivity contribution in [1.82, 2.24) is 0 Å². The Morgan fingerprint density at radius 3 is 2.33 bits per heavy atom. The van der Waals surface area contributed by atoms with Gasteiger partial charge in [0.15, 0.2) is 0 Å². The predicted octanol–water partition coefficient (Wildman–Crippen LogP) is 4.69. The maximum atomic E-state index is 13.7. The van der Waals surface area contributed by atoms with Crippen molar-refractivity contribution in [1.29, 1.82) is 0 Å². The van der Waals surface area contributed by atoms with Crippen LogP contribution in [0.2, 0.25) is 0 Å². The van der Waals surface area contributed by atoms with Crippen LogP contribution in [0.25, 0.3) is 0 Å². The summed E-state index contributed by atoms with van der Waals surface area (Å²) in [5.41, 5.74) is 4.11. The highest BCUT2D eigenvalue weighted by molar-refractivity contribution is 6.06. The van der Waals surface area contributed by atoms with Gasteiger partial charge in [-0.3, -0.25) is 4.79 Å². The SMILES string of the molecule is Cc1cc(C)cc(C(=O)Nc2cc(F)ccc2N2CCCCC2)c1. The molecule has 0 radical (unpaired) electrons. The van der Waals surface area contributed by atoms with Crippen molar-refractivity contribution >= 4 is 17.3 Å². The summed E-state index contributed by atoms with van der Waals surface area (Å²) in [4.78, 5) is 14.8. The lowest BCUT2D eigenvalue weighted by Crippen LogP contribution is -2.30. The first-order valence-corrected chi connectivity index (χ1v) is 8.47. The predicted molar refractivity (Wildman–Crippen MR) is 96.3 cm³/mol. The van der Waals surface area contributed by atoms with Gasteiger partial charge in [-0.2, -0.15) is 0 Å². The van der Waals surface area contributed by atoms with Gasteiger partial charge in [-0.25, -0.2) is 4.39 Å². The smallest absolute Gasteiger partial charge is 0.255 e. The second-order valence-corrected chi connectivity index (χ2v) is 6.54. The fourth-order valence-corrected chi connectivity index (χ4v) is 3.32. The molecule has 0 atom stereocenters. The molecule has 1 N–H and O–H groups in total. The third-order valence-electron chi connectivity index (χ3n) is 4.39. The Morgan fingerprint density at radius 1 is 1.00 bits per heavy atom. The van der Waals surface area contributed by atoms with Crippen molar-refractivity contribution in [2.24, 2.45) is 0 Å². The monoisotopic (exact) mass is 326 g/mol. The molecule has 1 aliphatic heterocycles. The summed E-state index contributed by atoms with van der Waals surface area (Å²) < 4.78 is 13.7. The van der Waals surface area contributed by atoms with Crippen LogP contribution in [0.5, 0.6) is 0 Å². The van der Waals surface area contributed by atoms with Gasteiger partial charge in [0.25, 0.3) is 5.91 Å². The zero-order chi connectivity index (χ0) is 17.1. The van der Waals surface area contributed by atoms with E-state index in [-0.39, 0.29) is 11.7 Å². The van der Waals surface area contributed by atoms with E-state index in [1.54, 1.807) is 6.07 Å². The minimum Gasteiger partial charge on any atom is -0.370 e. The Bertz CT molecular complexity index is 731. The highest BCUT2D eigenvalue weighted by atomic mass is 19.1.